The van der Waals surface area contributed by atoms with Crippen molar-refractivity contribution in [1.29, 1.82) is 0 Å². The third kappa shape index (κ3) is 5.95. The van der Waals surface area contributed by atoms with Crippen molar-refractivity contribution >= 4 is 28.1 Å². The van der Waals surface area contributed by atoms with Crippen molar-refractivity contribution in [2.75, 3.05) is 18.6 Å². The molecule has 1 amide bonds. The summed E-state index contributed by atoms with van der Waals surface area (Å²) in [5.74, 6) is 1.93. The van der Waals surface area contributed by atoms with Gasteiger partial charge in [0.25, 0.3) is 5.91 Å². The number of thiazole rings is 1. The molecule has 0 radical (unpaired) electrons. The molecule has 3 rings (SSSR count). The van der Waals surface area contributed by atoms with Crippen LogP contribution in [0.3, 0.4) is 0 Å². The minimum atomic E-state index is -0.243. The fourth-order valence-corrected chi connectivity index (χ4v) is 3.94. The SMILES string of the molecule is C=CC(=O)N(c1cccc(OCCCC(C)C)c1)c1nc(-c2ccc(OC)cc2)cs1. The number of carbonyl (C=O) groups excluding carboxylic acids is 1. The van der Waals surface area contributed by atoms with Crippen molar-refractivity contribution < 1.29 is 14.3 Å². The predicted octanol–water partition coefficient (Wildman–Crippen LogP) is 6.48. The average Bonchev–Trinajstić information content (AvgIpc) is 3.26. The Bertz CT molecular complexity index is 1010. The van der Waals surface area contributed by atoms with E-state index in [2.05, 4.69) is 20.4 Å². The third-order valence-corrected chi connectivity index (χ3v) is 5.56. The van der Waals surface area contributed by atoms with Gasteiger partial charge >= 0.3 is 0 Å². The normalized spacial score (nSPS) is 10.7. The monoisotopic (exact) mass is 436 g/mol. The number of benzene rings is 2. The standard InChI is InChI=1S/C25H28N2O3S/c1-5-24(28)27(20-9-6-10-22(16-20)30-15-7-8-18(2)3)25-26-23(17-31-25)19-11-13-21(29-4)14-12-19/h5-6,9-14,16-18H,1,7-8,15H2,2-4H3. The van der Waals surface area contributed by atoms with Crippen LogP contribution in [0.4, 0.5) is 10.8 Å². The Balaban J connectivity index is 1.82. The predicted molar refractivity (Wildman–Crippen MR) is 127 cm³/mol. The first kappa shape index (κ1) is 22.6. The van der Waals surface area contributed by atoms with Gasteiger partial charge in [-0.2, -0.15) is 0 Å². The van der Waals surface area contributed by atoms with Gasteiger partial charge in [0.15, 0.2) is 5.13 Å². The molecule has 162 valence electrons. The Morgan fingerprint density at radius 1 is 1.19 bits per heavy atom. The van der Waals surface area contributed by atoms with Crippen LogP contribution in [0.25, 0.3) is 11.3 Å². The van der Waals surface area contributed by atoms with E-state index in [0.717, 1.165) is 35.6 Å². The molecular formula is C25H28N2O3S. The molecule has 0 fully saturated rings. The van der Waals surface area contributed by atoms with Gasteiger partial charge in [0.05, 0.1) is 25.1 Å². The van der Waals surface area contributed by atoms with Gasteiger partial charge in [-0.1, -0.05) is 26.5 Å². The second-order valence-corrected chi connectivity index (χ2v) is 8.34. The Kier molecular flexibility index (Phi) is 7.84. The van der Waals surface area contributed by atoms with E-state index >= 15 is 0 Å². The highest BCUT2D eigenvalue weighted by molar-refractivity contribution is 7.14. The van der Waals surface area contributed by atoms with Crippen molar-refractivity contribution in [3.8, 4) is 22.8 Å². The van der Waals surface area contributed by atoms with Crippen molar-refractivity contribution in [2.45, 2.75) is 26.7 Å². The van der Waals surface area contributed by atoms with Gasteiger partial charge in [0.2, 0.25) is 0 Å². The summed E-state index contributed by atoms with van der Waals surface area (Å²) >= 11 is 1.41. The molecule has 0 saturated heterocycles. The maximum atomic E-state index is 12.7. The summed E-state index contributed by atoms with van der Waals surface area (Å²) < 4.78 is 11.1. The number of rotatable bonds is 10. The van der Waals surface area contributed by atoms with E-state index in [9.17, 15) is 4.79 Å². The molecule has 1 aromatic heterocycles. The van der Waals surface area contributed by atoms with Gasteiger partial charge in [-0.25, -0.2) is 4.98 Å². The van der Waals surface area contributed by atoms with E-state index in [0.29, 0.717) is 23.3 Å². The number of aromatic nitrogens is 1. The maximum Gasteiger partial charge on any atom is 0.256 e. The topological polar surface area (TPSA) is 51.7 Å². The molecule has 3 aromatic rings. The first-order valence-electron chi connectivity index (χ1n) is 10.3. The van der Waals surface area contributed by atoms with Crippen LogP contribution in [0.5, 0.6) is 11.5 Å². The highest BCUT2D eigenvalue weighted by Gasteiger charge is 2.20. The lowest BCUT2D eigenvalue weighted by molar-refractivity contribution is -0.113. The largest absolute Gasteiger partial charge is 0.497 e. The summed E-state index contributed by atoms with van der Waals surface area (Å²) in [5, 5.41) is 2.51. The summed E-state index contributed by atoms with van der Waals surface area (Å²) in [6.07, 6.45) is 3.41. The highest BCUT2D eigenvalue weighted by atomic mass is 32.1. The zero-order valence-corrected chi connectivity index (χ0v) is 19.0. The lowest BCUT2D eigenvalue weighted by Crippen LogP contribution is -2.23. The minimum Gasteiger partial charge on any atom is -0.497 e. The van der Waals surface area contributed by atoms with Crippen molar-refractivity contribution in [3.63, 3.8) is 0 Å². The third-order valence-electron chi connectivity index (χ3n) is 4.73. The van der Waals surface area contributed by atoms with E-state index in [-0.39, 0.29) is 5.91 Å². The number of carbonyl (C=O) groups is 1. The fraction of sp³-hybridized carbons (Fsp3) is 0.280. The summed E-state index contributed by atoms with van der Waals surface area (Å²) in [6.45, 7) is 8.71. The van der Waals surface area contributed by atoms with Gasteiger partial charge in [-0.3, -0.25) is 9.69 Å². The molecule has 0 spiro atoms. The molecular weight excluding hydrogens is 408 g/mol. The maximum absolute atomic E-state index is 12.7. The van der Waals surface area contributed by atoms with Gasteiger partial charge < -0.3 is 9.47 Å². The summed E-state index contributed by atoms with van der Waals surface area (Å²) in [6, 6.07) is 15.2. The van der Waals surface area contributed by atoms with Gasteiger partial charge in [-0.15, -0.1) is 11.3 Å². The number of amides is 1. The van der Waals surface area contributed by atoms with Crippen LogP contribution in [-0.4, -0.2) is 24.6 Å². The van der Waals surface area contributed by atoms with E-state index in [1.807, 2.05) is 53.9 Å². The summed E-state index contributed by atoms with van der Waals surface area (Å²) in [5.41, 5.74) is 2.45. The van der Waals surface area contributed by atoms with E-state index in [1.165, 1.54) is 17.4 Å². The molecule has 2 aromatic carbocycles. The van der Waals surface area contributed by atoms with Crippen LogP contribution in [0.1, 0.15) is 26.7 Å². The molecule has 0 aliphatic carbocycles. The van der Waals surface area contributed by atoms with Crippen molar-refractivity contribution in [3.05, 3.63) is 66.6 Å². The van der Waals surface area contributed by atoms with Crippen LogP contribution >= 0.6 is 11.3 Å². The molecule has 0 unspecified atom stereocenters. The second kappa shape index (κ2) is 10.8. The Labute approximate surface area is 188 Å². The van der Waals surface area contributed by atoms with Crippen molar-refractivity contribution in [1.82, 2.24) is 4.98 Å². The molecule has 5 nitrogen and oxygen atoms in total. The smallest absolute Gasteiger partial charge is 0.256 e. The van der Waals surface area contributed by atoms with E-state index in [1.54, 1.807) is 12.0 Å². The second-order valence-electron chi connectivity index (χ2n) is 7.50. The molecule has 0 aliphatic rings. The van der Waals surface area contributed by atoms with Gasteiger partial charge in [-0.05, 0) is 61.2 Å². The quantitative estimate of drug-likeness (QED) is 0.269. The van der Waals surface area contributed by atoms with Crippen molar-refractivity contribution in [2.24, 2.45) is 5.92 Å². The van der Waals surface area contributed by atoms with Gasteiger partial charge in [0, 0.05) is 17.0 Å². The first-order chi connectivity index (χ1) is 15.0. The zero-order chi connectivity index (χ0) is 22.2. The average molecular weight is 437 g/mol. The van der Waals surface area contributed by atoms with Crippen LogP contribution in [0, 0.1) is 5.92 Å². The van der Waals surface area contributed by atoms with Crippen LogP contribution in [0.2, 0.25) is 0 Å². The molecule has 31 heavy (non-hydrogen) atoms. The number of ether oxygens (including phenoxy) is 2. The molecule has 0 saturated carbocycles. The fourth-order valence-electron chi connectivity index (χ4n) is 3.08. The Hall–Kier alpha value is -3.12. The molecule has 1 heterocycles. The van der Waals surface area contributed by atoms with Gasteiger partial charge in [0.1, 0.15) is 11.5 Å². The summed E-state index contributed by atoms with van der Waals surface area (Å²) in [7, 11) is 1.64. The molecule has 0 bridgehead atoms. The lowest BCUT2D eigenvalue weighted by atomic mass is 10.1. The van der Waals surface area contributed by atoms with Crippen LogP contribution in [-0.2, 0) is 4.79 Å². The Morgan fingerprint density at radius 3 is 2.65 bits per heavy atom. The molecule has 0 N–H and O–H groups in total. The van der Waals surface area contributed by atoms with E-state index in [4.69, 9.17) is 14.5 Å². The number of anilines is 2. The van der Waals surface area contributed by atoms with Crippen LogP contribution in [0.15, 0.2) is 66.6 Å². The Morgan fingerprint density at radius 2 is 1.97 bits per heavy atom. The van der Waals surface area contributed by atoms with E-state index < -0.39 is 0 Å². The van der Waals surface area contributed by atoms with Crippen LogP contribution < -0.4 is 14.4 Å². The summed E-state index contributed by atoms with van der Waals surface area (Å²) in [4.78, 5) is 19.0. The molecule has 0 atom stereocenters. The first-order valence-corrected chi connectivity index (χ1v) is 11.2. The molecule has 0 aliphatic heterocycles. The number of hydrogen-bond acceptors (Lipinski definition) is 5. The zero-order valence-electron chi connectivity index (χ0n) is 18.2. The minimum absolute atomic E-state index is 0.243. The number of nitrogens with zero attached hydrogens (tertiary/aromatic N) is 2. The number of hydrogen-bond donors (Lipinski definition) is 0. The highest BCUT2D eigenvalue weighted by Crippen LogP contribution is 2.34. The number of methoxy groups -OCH3 is 1. The lowest BCUT2D eigenvalue weighted by Gasteiger charge is -2.19. The molecule has 6 heteroatoms.